The highest BCUT2D eigenvalue weighted by Crippen LogP contribution is 2.33. The smallest absolute Gasteiger partial charge is 0.264 e. The Balaban J connectivity index is 1.48. The van der Waals surface area contributed by atoms with Gasteiger partial charge in [-0.15, -0.1) is 0 Å². The number of halogens is 3. The number of benzene rings is 3. The van der Waals surface area contributed by atoms with E-state index in [1.165, 1.54) is 30.0 Å². The van der Waals surface area contributed by atoms with Crippen molar-refractivity contribution in [1.82, 2.24) is 5.32 Å². The van der Waals surface area contributed by atoms with Gasteiger partial charge in [0.05, 0.1) is 22.7 Å². The van der Waals surface area contributed by atoms with Crippen LogP contribution in [0.1, 0.15) is 11.1 Å². The summed E-state index contributed by atoms with van der Waals surface area (Å²) >= 11 is 12.9. The first-order valence-corrected chi connectivity index (χ1v) is 11.3. The molecule has 5 nitrogen and oxygen atoms in total. The highest BCUT2D eigenvalue weighted by Gasteiger charge is 2.24. The molecule has 1 heterocycles. The molecule has 3 aromatic carbocycles. The number of thioether (sulfide) groups is 1. The molecule has 1 saturated heterocycles. The number of aliphatic imine (C=N–C) groups is 1. The monoisotopic (exact) mass is 502 g/mol. The van der Waals surface area contributed by atoms with Crippen LogP contribution >= 0.6 is 35.0 Å². The highest BCUT2D eigenvalue weighted by molar-refractivity contribution is 8.18. The molecule has 168 valence electrons. The van der Waals surface area contributed by atoms with E-state index in [1.807, 2.05) is 18.2 Å². The van der Waals surface area contributed by atoms with Gasteiger partial charge in [-0.25, -0.2) is 9.38 Å². The lowest BCUT2D eigenvalue weighted by Crippen LogP contribution is -2.19. The number of carbonyl (C=O) groups is 1. The van der Waals surface area contributed by atoms with Crippen LogP contribution in [0.25, 0.3) is 6.08 Å². The first kappa shape index (κ1) is 23.2. The predicted molar refractivity (Wildman–Crippen MR) is 131 cm³/mol. The van der Waals surface area contributed by atoms with Gasteiger partial charge in [0.1, 0.15) is 12.4 Å². The summed E-state index contributed by atoms with van der Waals surface area (Å²) in [4.78, 5) is 17.1. The lowest BCUT2D eigenvalue weighted by atomic mass is 10.2. The lowest BCUT2D eigenvalue weighted by molar-refractivity contribution is -0.115. The van der Waals surface area contributed by atoms with Gasteiger partial charge in [0.25, 0.3) is 5.91 Å². The van der Waals surface area contributed by atoms with Gasteiger partial charge < -0.3 is 14.8 Å². The maximum Gasteiger partial charge on any atom is 0.264 e. The zero-order valence-corrected chi connectivity index (χ0v) is 19.6. The fourth-order valence-electron chi connectivity index (χ4n) is 2.94. The number of amides is 1. The topological polar surface area (TPSA) is 59.9 Å². The summed E-state index contributed by atoms with van der Waals surface area (Å²) < 4.78 is 24.7. The standard InChI is InChI=1S/C24H17Cl2FN2O3S/c1-31-21-10-15(4-9-20(21)32-13-14-2-5-16(25)6-3-14)11-22-23(30)29-24(33-22)28-17-7-8-19(27)18(26)12-17/h2-12H,13H2,1H3,(H,28,29,30)/b22-11-. The van der Waals surface area contributed by atoms with E-state index < -0.39 is 5.82 Å². The molecule has 33 heavy (non-hydrogen) atoms. The number of hydrogen-bond acceptors (Lipinski definition) is 5. The Morgan fingerprint density at radius 1 is 1.06 bits per heavy atom. The van der Waals surface area contributed by atoms with Crippen molar-refractivity contribution in [3.8, 4) is 11.5 Å². The summed E-state index contributed by atoms with van der Waals surface area (Å²) in [5.41, 5.74) is 2.17. The molecule has 1 N–H and O–H groups in total. The maximum absolute atomic E-state index is 13.3. The Bertz CT molecular complexity index is 1260. The summed E-state index contributed by atoms with van der Waals surface area (Å²) in [5.74, 6) is 0.304. The van der Waals surface area contributed by atoms with Gasteiger partial charge >= 0.3 is 0 Å². The van der Waals surface area contributed by atoms with Crippen LogP contribution in [0.3, 0.4) is 0 Å². The average molecular weight is 503 g/mol. The number of methoxy groups -OCH3 is 1. The summed E-state index contributed by atoms with van der Waals surface area (Å²) in [6, 6.07) is 16.9. The minimum absolute atomic E-state index is 0.0348. The molecule has 0 atom stereocenters. The van der Waals surface area contributed by atoms with E-state index in [2.05, 4.69) is 10.3 Å². The second kappa shape index (κ2) is 10.3. The Morgan fingerprint density at radius 3 is 2.58 bits per heavy atom. The lowest BCUT2D eigenvalue weighted by Gasteiger charge is -2.11. The third-order valence-corrected chi connectivity index (χ3v) is 6.03. The predicted octanol–water partition coefficient (Wildman–Crippen LogP) is 6.61. The molecular weight excluding hydrogens is 486 g/mol. The average Bonchev–Trinajstić information content (AvgIpc) is 3.14. The second-order valence-corrected chi connectivity index (χ2v) is 8.78. The van der Waals surface area contributed by atoms with Crippen molar-refractivity contribution in [2.45, 2.75) is 6.61 Å². The largest absolute Gasteiger partial charge is 0.493 e. The molecule has 0 aromatic heterocycles. The second-order valence-electron chi connectivity index (χ2n) is 6.91. The molecule has 1 aliphatic heterocycles. The zero-order chi connectivity index (χ0) is 23.4. The molecule has 0 unspecified atom stereocenters. The van der Waals surface area contributed by atoms with Gasteiger partial charge in [-0.3, -0.25) is 4.79 Å². The third kappa shape index (κ3) is 5.87. The Morgan fingerprint density at radius 2 is 1.85 bits per heavy atom. The maximum atomic E-state index is 13.3. The van der Waals surface area contributed by atoms with E-state index in [9.17, 15) is 9.18 Å². The first-order chi connectivity index (χ1) is 15.9. The molecular formula is C24H17Cl2FN2O3S. The Labute approximate surface area is 204 Å². The number of nitrogens with zero attached hydrogens (tertiary/aromatic N) is 1. The molecule has 1 fully saturated rings. The molecule has 1 aliphatic rings. The highest BCUT2D eigenvalue weighted by atomic mass is 35.5. The molecule has 4 rings (SSSR count). The third-order valence-electron chi connectivity index (χ3n) is 4.58. The summed E-state index contributed by atoms with van der Waals surface area (Å²) in [7, 11) is 1.55. The van der Waals surface area contributed by atoms with Crippen LogP contribution in [0, 0.1) is 5.82 Å². The molecule has 1 amide bonds. The fraction of sp³-hybridized carbons (Fsp3) is 0.0833. The molecule has 9 heteroatoms. The molecule has 0 spiro atoms. The molecule has 0 radical (unpaired) electrons. The molecule has 3 aromatic rings. The van der Waals surface area contributed by atoms with Crippen LogP contribution < -0.4 is 14.8 Å². The van der Waals surface area contributed by atoms with Crippen LogP contribution in [0.4, 0.5) is 10.1 Å². The first-order valence-electron chi connectivity index (χ1n) is 9.71. The molecule has 0 saturated carbocycles. The van der Waals surface area contributed by atoms with Crippen LogP contribution in [0.5, 0.6) is 11.5 Å². The summed E-state index contributed by atoms with van der Waals surface area (Å²) in [6.45, 7) is 0.361. The summed E-state index contributed by atoms with van der Waals surface area (Å²) in [5, 5.41) is 3.70. The van der Waals surface area contributed by atoms with Gasteiger partial charge in [0.2, 0.25) is 0 Å². The van der Waals surface area contributed by atoms with E-state index in [0.717, 1.165) is 11.1 Å². The quantitative estimate of drug-likeness (QED) is 0.385. The van der Waals surface area contributed by atoms with Crippen LogP contribution in [-0.2, 0) is 11.4 Å². The van der Waals surface area contributed by atoms with E-state index in [1.54, 1.807) is 37.5 Å². The Kier molecular flexibility index (Phi) is 7.23. The van der Waals surface area contributed by atoms with Gasteiger partial charge in [-0.1, -0.05) is 41.4 Å². The number of amidine groups is 1. The van der Waals surface area contributed by atoms with Gasteiger partial charge in [-0.05, 0) is 71.4 Å². The van der Waals surface area contributed by atoms with Gasteiger partial charge in [0, 0.05) is 5.02 Å². The summed E-state index contributed by atoms with van der Waals surface area (Å²) in [6.07, 6.45) is 1.73. The van der Waals surface area contributed by atoms with Crippen LogP contribution in [-0.4, -0.2) is 18.2 Å². The SMILES string of the molecule is COc1cc(/C=C2\SC(=Nc3ccc(F)c(Cl)c3)NC2=O)ccc1OCc1ccc(Cl)cc1. The van der Waals surface area contributed by atoms with Crippen molar-refractivity contribution in [2.75, 3.05) is 7.11 Å². The minimum atomic E-state index is -0.529. The number of nitrogens with one attached hydrogen (secondary N) is 1. The van der Waals surface area contributed by atoms with Crippen molar-refractivity contribution >= 4 is 57.8 Å². The van der Waals surface area contributed by atoms with Crippen LogP contribution in [0.2, 0.25) is 10.0 Å². The van der Waals surface area contributed by atoms with Crippen molar-refractivity contribution in [1.29, 1.82) is 0 Å². The number of rotatable bonds is 6. The number of carbonyl (C=O) groups excluding carboxylic acids is 1. The minimum Gasteiger partial charge on any atom is -0.493 e. The van der Waals surface area contributed by atoms with E-state index in [4.69, 9.17) is 32.7 Å². The number of hydrogen-bond donors (Lipinski definition) is 1. The normalized spacial score (nSPS) is 15.7. The number of ether oxygens (including phenoxy) is 2. The van der Waals surface area contributed by atoms with Crippen molar-refractivity contribution in [2.24, 2.45) is 4.99 Å². The van der Waals surface area contributed by atoms with Crippen molar-refractivity contribution < 1.29 is 18.7 Å². The molecule has 0 aliphatic carbocycles. The van der Waals surface area contributed by atoms with E-state index in [0.29, 0.717) is 38.9 Å². The van der Waals surface area contributed by atoms with Crippen molar-refractivity contribution in [3.05, 3.63) is 92.6 Å². The molecule has 0 bridgehead atoms. The van der Waals surface area contributed by atoms with E-state index >= 15 is 0 Å². The fourth-order valence-corrected chi connectivity index (χ4v) is 4.08. The van der Waals surface area contributed by atoms with Crippen molar-refractivity contribution in [3.63, 3.8) is 0 Å². The Hall–Kier alpha value is -3.00. The van der Waals surface area contributed by atoms with Crippen LogP contribution in [0.15, 0.2) is 70.6 Å². The van der Waals surface area contributed by atoms with E-state index in [-0.39, 0.29) is 10.9 Å². The zero-order valence-electron chi connectivity index (χ0n) is 17.3. The van der Waals surface area contributed by atoms with Gasteiger partial charge in [0.15, 0.2) is 16.7 Å². The van der Waals surface area contributed by atoms with Gasteiger partial charge in [-0.2, -0.15) is 0 Å².